The molecule has 4 nitrogen and oxygen atoms in total. The smallest absolute Gasteiger partial charge is 0.374 e. The molecule has 0 saturated carbocycles. The van der Waals surface area contributed by atoms with Gasteiger partial charge >= 0.3 is 5.97 Å². The fraction of sp³-hybridized carbons (Fsp3) is 0.333. The quantitative estimate of drug-likeness (QED) is 0.444. The van der Waals surface area contributed by atoms with Crippen LogP contribution in [0.4, 0.5) is 0 Å². The average Bonchev–Trinajstić information content (AvgIpc) is 2.40. The van der Waals surface area contributed by atoms with Gasteiger partial charge in [-0.15, -0.1) is 4.68 Å². The Kier molecular flexibility index (Phi) is 2.04. The summed E-state index contributed by atoms with van der Waals surface area (Å²) >= 11 is 0. The number of rotatable bonds is 2. The molecule has 1 aromatic rings. The van der Waals surface area contributed by atoms with Gasteiger partial charge in [-0.3, -0.25) is 0 Å². The van der Waals surface area contributed by atoms with E-state index in [4.69, 9.17) is 0 Å². The third-order valence-electron chi connectivity index (χ3n) is 1.13. The van der Waals surface area contributed by atoms with E-state index in [9.17, 15) is 4.79 Å². The van der Waals surface area contributed by atoms with Gasteiger partial charge in [0.2, 0.25) is 0 Å². The van der Waals surface area contributed by atoms with Crippen LogP contribution in [0.25, 0.3) is 0 Å². The number of hydrogen-bond donors (Lipinski definition) is 1. The van der Waals surface area contributed by atoms with Crippen LogP contribution >= 0.6 is 0 Å². The summed E-state index contributed by atoms with van der Waals surface area (Å²) in [5.41, 5.74) is 0. The van der Waals surface area contributed by atoms with Crippen molar-refractivity contribution in [2.24, 2.45) is 0 Å². The monoisotopic (exact) mass is 141 g/mol. The number of carbonyl (C=O) groups excluding carboxylic acids is 1. The molecule has 0 fully saturated rings. The van der Waals surface area contributed by atoms with E-state index in [1.807, 2.05) is 6.07 Å². The van der Waals surface area contributed by atoms with E-state index in [1.165, 1.54) is 7.11 Å². The fourth-order valence-corrected chi connectivity index (χ4v) is 0.631. The van der Waals surface area contributed by atoms with E-state index in [1.54, 1.807) is 17.1 Å². The van der Waals surface area contributed by atoms with Crippen LogP contribution in [0.1, 0.15) is 0 Å². The molecular weight excluding hydrogens is 132 g/mol. The van der Waals surface area contributed by atoms with Gasteiger partial charge in [0.25, 0.3) is 6.54 Å². The van der Waals surface area contributed by atoms with E-state index < -0.39 is 0 Å². The topological polar surface area (TPSA) is 46.0 Å². The van der Waals surface area contributed by atoms with Crippen molar-refractivity contribution < 1.29 is 14.2 Å². The van der Waals surface area contributed by atoms with E-state index in [-0.39, 0.29) is 12.5 Å². The Bertz CT molecular complexity index is 206. The van der Waals surface area contributed by atoms with Crippen LogP contribution in [0, 0.1) is 0 Å². The van der Waals surface area contributed by atoms with Gasteiger partial charge in [0, 0.05) is 6.07 Å². The zero-order chi connectivity index (χ0) is 7.40. The molecule has 0 radical (unpaired) electrons. The van der Waals surface area contributed by atoms with Crippen molar-refractivity contribution in [2.75, 3.05) is 7.11 Å². The number of carbonyl (C=O) groups is 1. The lowest BCUT2D eigenvalue weighted by molar-refractivity contribution is -0.739. The minimum atomic E-state index is -0.257. The molecule has 0 atom stereocenters. The Balaban J connectivity index is 2.48. The summed E-state index contributed by atoms with van der Waals surface area (Å²) < 4.78 is 6.07. The molecule has 0 aliphatic carbocycles. The van der Waals surface area contributed by atoms with E-state index >= 15 is 0 Å². The highest BCUT2D eigenvalue weighted by Crippen LogP contribution is 1.74. The summed E-state index contributed by atoms with van der Waals surface area (Å²) in [5.74, 6) is -0.257. The second kappa shape index (κ2) is 3.00. The lowest BCUT2D eigenvalue weighted by atomic mass is 10.6. The van der Waals surface area contributed by atoms with Crippen LogP contribution in [0.15, 0.2) is 18.5 Å². The van der Waals surface area contributed by atoms with Gasteiger partial charge in [-0.1, -0.05) is 0 Å². The molecular formula is C6H9N2O2+. The fourth-order valence-electron chi connectivity index (χ4n) is 0.631. The minimum Gasteiger partial charge on any atom is -0.464 e. The number of H-pyrrole nitrogens is 1. The summed E-state index contributed by atoms with van der Waals surface area (Å²) in [6.45, 7) is 0.240. The van der Waals surface area contributed by atoms with Gasteiger partial charge in [-0.2, -0.15) is 5.10 Å². The number of hydrogen-bond acceptors (Lipinski definition) is 2. The van der Waals surface area contributed by atoms with Crippen LogP contribution in [0.2, 0.25) is 0 Å². The normalized spacial score (nSPS) is 9.30. The van der Waals surface area contributed by atoms with Gasteiger partial charge < -0.3 is 4.74 Å². The van der Waals surface area contributed by atoms with Gasteiger partial charge in [0.05, 0.1) is 13.3 Å². The molecule has 0 aromatic carbocycles. The molecule has 0 spiro atoms. The summed E-state index contributed by atoms with van der Waals surface area (Å²) in [7, 11) is 1.37. The molecule has 0 aliphatic rings. The highest BCUT2D eigenvalue weighted by molar-refractivity contribution is 5.67. The van der Waals surface area contributed by atoms with E-state index in [0.717, 1.165) is 0 Å². The minimum absolute atomic E-state index is 0.240. The number of nitrogens with zero attached hydrogens (tertiary/aromatic N) is 1. The first kappa shape index (κ1) is 6.80. The molecule has 0 aliphatic heterocycles. The SMILES string of the molecule is COC(=O)C[n+]1ccc[nH]1. The molecule has 0 amide bonds. The Hall–Kier alpha value is -1.32. The predicted octanol–water partition coefficient (Wildman–Crippen LogP) is -0.525. The van der Waals surface area contributed by atoms with E-state index in [2.05, 4.69) is 9.84 Å². The van der Waals surface area contributed by atoms with Crippen molar-refractivity contribution in [2.45, 2.75) is 6.54 Å². The highest BCUT2D eigenvalue weighted by atomic mass is 16.5. The number of nitrogens with one attached hydrogen (secondary N) is 1. The van der Waals surface area contributed by atoms with Crippen molar-refractivity contribution in [1.82, 2.24) is 5.10 Å². The molecule has 1 N–H and O–H groups in total. The lowest BCUT2D eigenvalue weighted by Crippen LogP contribution is -2.39. The number of methoxy groups -OCH3 is 1. The van der Waals surface area contributed by atoms with Crippen LogP contribution in [-0.4, -0.2) is 18.2 Å². The molecule has 1 rings (SSSR count). The number of aromatic amines is 1. The Morgan fingerprint density at radius 3 is 3.10 bits per heavy atom. The highest BCUT2D eigenvalue weighted by Gasteiger charge is 2.07. The van der Waals surface area contributed by atoms with E-state index in [0.29, 0.717) is 0 Å². The Morgan fingerprint density at radius 2 is 2.60 bits per heavy atom. The zero-order valence-electron chi connectivity index (χ0n) is 5.70. The van der Waals surface area contributed by atoms with Crippen LogP contribution < -0.4 is 4.68 Å². The van der Waals surface area contributed by atoms with Gasteiger partial charge in [-0.25, -0.2) is 4.79 Å². The van der Waals surface area contributed by atoms with Gasteiger partial charge in [-0.05, 0) is 0 Å². The second-order valence-electron chi connectivity index (χ2n) is 1.84. The van der Waals surface area contributed by atoms with Crippen LogP contribution in [-0.2, 0) is 16.1 Å². The van der Waals surface area contributed by atoms with Gasteiger partial charge in [0.15, 0.2) is 6.20 Å². The maximum absolute atomic E-state index is 10.6. The zero-order valence-corrected chi connectivity index (χ0v) is 5.70. The Morgan fingerprint density at radius 1 is 1.80 bits per heavy atom. The lowest BCUT2D eigenvalue weighted by Gasteiger charge is -1.89. The Labute approximate surface area is 58.4 Å². The second-order valence-corrected chi connectivity index (χ2v) is 1.84. The maximum Gasteiger partial charge on any atom is 0.374 e. The largest absolute Gasteiger partial charge is 0.464 e. The third kappa shape index (κ3) is 1.58. The molecule has 0 saturated heterocycles. The van der Waals surface area contributed by atoms with Crippen LogP contribution in [0.5, 0.6) is 0 Å². The van der Waals surface area contributed by atoms with Crippen molar-refractivity contribution in [3.63, 3.8) is 0 Å². The average molecular weight is 141 g/mol. The molecule has 0 unspecified atom stereocenters. The predicted molar refractivity (Wildman–Crippen MR) is 33.0 cm³/mol. The number of ether oxygens (including phenoxy) is 1. The number of aromatic nitrogens is 2. The molecule has 10 heavy (non-hydrogen) atoms. The third-order valence-corrected chi connectivity index (χ3v) is 1.13. The maximum atomic E-state index is 10.6. The molecule has 4 heteroatoms. The van der Waals surface area contributed by atoms with Crippen LogP contribution in [0.3, 0.4) is 0 Å². The first-order valence-corrected chi connectivity index (χ1v) is 2.92. The molecule has 54 valence electrons. The molecule has 1 heterocycles. The molecule has 0 bridgehead atoms. The summed E-state index contributed by atoms with van der Waals surface area (Å²) in [6.07, 6.45) is 3.50. The summed E-state index contributed by atoms with van der Waals surface area (Å²) in [6, 6.07) is 1.81. The standard InChI is InChI=1S/C6H8N2O2/c1-10-6(9)5-8-4-2-3-7-8/h2-4H,5H2,1H3/p+1. The summed E-state index contributed by atoms with van der Waals surface area (Å²) in [4.78, 5) is 10.6. The van der Waals surface area contributed by atoms with Crippen molar-refractivity contribution in [3.8, 4) is 0 Å². The first-order valence-electron chi connectivity index (χ1n) is 2.92. The van der Waals surface area contributed by atoms with Crippen molar-refractivity contribution in [3.05, 3.63) is 18.5 Å². The van der Waals surface area contributed by atoms with Gasteiger partial charge in [0.1, 0.15) is 0 Å². The van der Waals surface area contributed by atoms with Crippen molar-refractivity contribution >= 4 is 5.97 Å². The molecule has 1 aromatic heterocycles. The first-order chi connectivity index (χ1) is 4.83. The number of esters is 1. The summed E-state index contributed by atoms with van der Waals surface area (Å²) in [5, 5.41) is 2.82. The van der Waals surface area contributed by atoms with Crippen molar-refractivity contribution in [1.29, 1.82) is 0 Å².